The van der Waals surface area contributed by atoms with Gasteiger partial charge < -0.3 is 18.9 Å². The summed E-state index contributed by atoms with van der Waals surface area (Å²) < 4.78 is 16.2. The molecule has 1 saturated heterocycles. The first kappa shape index (κ1) is 12.0. The van der Waals surface area contributed by atoms with Gasteiger partial charge in [0, 0.05) is 31.8 Å². The number of hydrogen-bond donors (Lipinski definition) is 0. The molecule has 0 spiro atoms. The lowest BCUT2D eigenvalue weighted by Crippen LogP contribution is -2.43. The van der Waals surface area contributed by atoms with E-state index >= 15 is 0 Å². The summed E-state index contributed by atoms with van der Waals surface area (Å²) in [4.78, 5) is 2.06. The summed E-state index contributed by atoms with van der Waals surface area (Å²) in [5.41, 5.74) is 0.113. The molecule has 82 valence electrons. The van der Waals surface area contributed by atoms with Crippen molar-refractivity contribution in [2.45, 2.75) is 13.8 Å². The second-order valence-corrected chi connectivity index (χ2v) is 4.75. The highest BCUT2D eigenvalue weighted by Gasteiger charge is 2.33. The van der Waals surface area contributed by atoms with Crippen molar-refractivity contribution in [1.29, 1.82) is 0 Å². The molecule has 0 aromatic rings. The number of rotatable bonds is 4. The van der Waals surface area contributed by atoms with Crippen LogP contribution in [-0.4, -0.2) is 52.7 Å². The zero-order chi connectivity index (χ0) is 10.6. The first-order chi connectivity index (χ1) is 6.49. The van der Waals surface area contributed by atoms with E-state index in [1.807, 2.05) is 14.1 Å². The highest BCUT2D eigenvalue weighted by atomic mass is 16.7. The maximum atomic E-state index is 5.41. The van der Waals surface area contributed by atoms with Crippen molar-refractivity contribution in [2.24, 2.45) is 5.41 Å². The quantitative estimate of drug-likeness (QED) is 0.624. The molecule has 0 unspecified atom stereocenters. The van der Waals surface area contributed by atoms with Crippen LogP contribution in [0.4, 0.5) is 0 Å². The monoisotopic (exact) mass is 201 g/mol. The van der Waals surface area contributed by atoms with Crippen molar-refractivity contribution < 1.29 is 14.0 Å². The molecule has 1 heterocycles. The molecule has 0 saturated carbocycles. The molecule has 1 fully saturated rings. The maximum Gasteiger partial charge on any atom is 0.639 e. The molecule has 0 aliphatic carbocycles. The van der Waals surface area contributed by atoms with Crippen molar-refractivity contribution in [3.63, 3.8) is 0 Å². The van der Waals surface area contributed by atoms with Crippen molar-refractivity contribution in [3.05, 3.63) is 0 Å². The lowest BCUT2D eigenvalue weighted by molar-refractivity contribution is -0.0199. The fraction of sp³-hybridized carbons (Fsp3) is 1.00. The molecular weight excluding hydrogens is 181 g/mol. The summed E-state index contributed by atoms with van der Waals surface area (Å²) in [6.45, 7) is 7.13. The molecule has 0 atom stereocenters. The standard InChI is InChI=1S/C9H20BNO3/c1-9(2)7-13-10(14-8-9)12-6-5-11(3)4/h5-8H2,1-4H3. The van der Waals surface area contributed by atoms with Gasteiger partial charge in [-0.2, -0.15) is 0 Å². The first-order valence-electron chi connectivity index (χ1n) is 4.99. The summed E-state index contributed by atoms with van der Waals surface area (Å²) in [6.07, 6.45) is 0. The van der Waals surface area contributed by atoms with Crippen LogP contribution < -0.4 is 0 Å². The van der Waals surface area contributed by atoms with Gasteiger partial charge in [-0.05, 0) is 14.1 Å². The van der Waals surface area contributed by atoms with E-state index in [4.69, 9.17) is 14.0 Å². The van der Waals surface area contributed by atoms with Crippen LogP contribution in [0.15, 0.2) is 0 Å². The molecule has 4 nitrogen and oxygen atoms in total. The van der Waals surface area contributed by atoms with E-state index in [1.165, 1.54) is 0 Å². The van der Waals surface area contributed by atoms with Crippen molar-refractivity contribution in [3.8, 4) is 0 Å². The Balaban J connectivity index is 2.10. The maximum absolute atomic E-state index is 5.41. The summed E-state index contributed by atoms with van der Waals surface area (Å²) >= 11 is 0. The van der Waals surface area contributed by atoms with E-state index < -0.39 is 7.32 Å². The molecule has 0 radical (unpaired) electrons. The SMILES string of the molecule is CN(C)CCOB1OCC(C)(C)CO1. The summed E-state index contributed by atoms with van der Waals surface area (Å²) in [5, 5.41) is 0. The van der Waals surface area contributed by atoms with Gasteiger partial charge in [-0.1, -0.05) is 13.8 Å². The molecule has 0 amide bonds. The second-order valence-electron chi connectivity index (χ2n) is 4.75. The molecule has 0 N–H and O–H groups in total. The summed E-state index contributed by atoms with van der Waals surface area (Å²) in [5.74, 6) is 0. The smallest absolute Gasteiger partial charge is 0.385 e. The summed E-state index contributed by atoms with van der Waals surface area (Å²) in [7, 11) is 3.55. The molecule has 1 rings (SSSR count). The zero-order valence-electron chi connectivity index (χ0n) is 9.58. The predicted molar refractivity (Wildman–Crippen MR) is 55.9 cm³/mol. The van der Waals surface area contributed by atoms with Crippen LogP contribution in [0.1, 0.15) is 13.8 Å². The van der Waals surface area contributed by atoms with Crippen LogP contribution in [0.25, 0.3) is 0 Å². The third-order valence-electron chi connectivity index (χ3n) is 2.01. The Morgan fingerprint density at radius 1 is 1.29 bits per heavy atom. The molecule has 0 aromatic carbocycles. The van der Waals surface area contributed by atoms with Gasteiger partial charge in [-0.3, -0.25) is 0 Å². The van der Waals surface area contributed by atoms with Gasteiger partial charge in [0.05, 0.1) is 0 Å². The van der Waals surface area contributed by atoms with Crippen LogP contribution in [0.3, 0.4) is 0 Å². The van der Waals surface area contributed by atoms with Gasteiger partial charge in [0.25, 0.3) is 0 Å². The van der Waals surface area contributed by atoms with E-state index in [0.29, 0.717) is 19.8 Å². The van der Waals surface area contributed by atoms with E-state index in [2.05, 4.69) is 18.7 Å². The van der Waals surface area contributed by atoms with Crippen LogP contribution >= 0.6 is 0 Å². The lowest BCUT2D eigenvalue weighted by atomic mass is 9.93. The number of likely N-dealkylation sites (N-methyl/N-ethyl adjacent to an activating group) is 1. The van der Waals surface area contributed by atoms with Crippen LogP contribution in [-0.2, 0) is 14.0 Å². The van der Waals surface area contributed by atoms with E-state index in [1.54, 1.807) is 0 Å². The third-order valence-corrected chi connectivity index (χ3v) is 2.01. The van der Waals surface area contributed by atoms with Gasteiger partial charge in [0.2, 0.25) is 0 Å². The molecule has 1 aliphatic heterocycles. The van der Waals surface area contributed by atoms with Gasteiger partial charge in [0.1, 0.15) is 0 Å². The van der Waals surface area contributed by atoms with Crippen LogP contribution in [0.2, 0.25) is 0 Å². The van der Waals surface area contributed by atoms with Crippen molar-refractivity contribution >= 4 is 7.32 Å². The molecule has 14 heavy (non-hydrogen) atoms. The van der Waals surface area contributed by atoms with E-state index in [0.717, 1.165) is 6.54 Å². The molecule has 0 aromatic heterocycles. The second kappa shape index (κ2) is 5.12. The Morgan fingerprint density at radius 3 is 2.36 bits per heavy atom. The fourth-order valence-electron chi connectivity index (χ4n) is 1.10. The molecule has 5 heteroatoms. The van der Waals surface area contributed by atoms with E-state index in [-0.39, 0.29) is 5.41 Å². The normalized spacial score (nSPS) is 21.6. The van der Waals surface area contributed by atoms with Crippen molar-refractivity contribution in [2.75, 3.05) is 40.5 Å². The first-order valence-corrected chi connectivity index (χ1v) is 4.99. The Bertz CT molecular complexity index is 165. The Morgan fingerprint density at radius 2 is 1.86 bits per heavy atom. The highest BCUT2D eigenvalue weighted by molar-refractivity contribution is 6.36. The summed E-state index contributed by atoms with van der Waals surface area (Å²) in [6, 6.07) is 0. The van der Waals surface area contributed by atoms with Gasteiger partial charge in [-0.25, -0.2) is 0 Å². The number of nitrogens with zero attached hydrogens (tertiary/aromatic N) is 1. The Labute approximate surface area is 86.7 Å². The number of hydrogen-bond acceptors (Lipinski definition) is 4. The Kier molecular flexibility index (Phi) is 4.38. The molecule has 1 aliphatic rings. The van der Waals surface area contributed by atoms with Crippen LogP contribution in [0.5, 0.6) is 0 Å². The minimum absolute atomic E-state index is 0.113. The van der Waals surface area contributed by atoms with Gasteiger partial charge >= 0.3 is 7.32 Å². The fourth-order valence-corrected chi connectivity index (χ4v) is 1.10. The minimum Gasteiger partial charge on any atom is -0.385 e. The third kappa shape index (κ3) is 4.42. The lowest BCUT2D eigenvalue weighted by Gasteiger charge is -2.32. The average Bonchev–Trinajstić information content (AvgIpc) is 2.07. The largest absolute Gasteiger partial charge is 0.639 e. The average molecular weight is 201 g/mol. The van der Waals surface area contributed by atoms with E-state index in [9.17, 15) is 0 Å². The van der Waals surface area contributed by atoms with Gasteiger partial charge in [-0.15, -0.1) is 0 Å². The zero-order valence-corrected chi connectivity index (χ0v) is 9.58. The highest BCUT2D eigenvalue weighted by Crippen LogP contribution is 2.21. The van der Waals surface area contributed by atoms with Crippen LogP contribution in [0, 0.1) is 5.41 Å². The Hall–Kier alpha value is -0.0951. The molecular formula is C9H20BNO3. The topological polar surface area (TPSA) is 30.9 Å². The van der Waals surface area contributed by atoms with Crippen molar-refractivity contribution in [1.82, 2.24) is 4.90 Å². The predicted octanol–water partition coefficient (Wildman–Crippen LogP) is 0.622. The molecule has 0 bridgehead atoms. The minimum atomic E-state index is -0.469. The van der Waals surface area contributed by atoms with Gasteiger partial charge in [0.15, 0.2) is 0 Å².